The average molecular weight is 212 g/mol. The first-order valence-electron chi connectivity index (χ1n) is 4.82. The van der Waals surface area contributed by atoms with Crippen LogP contribution in [0.1, 0.15) is 0 Å². The number of fused-ring (bicyclic) bond motifs is 3. The molecule has 0 saturated carbocycles. The van der Waals surface area contributed by atoms with E-state index in [2.05, 4.69) is 60.7 Å². The third-order valence-corrected chi connectivity index (χ3v) is 2.65. The molecule has 0 saturated heterocycles. The Morgan fingerprint density at radius 1 is 0.467 bits per heavy atom. The van der Waals surface area contributed by atoms with Crippen molar-refractivity contribution >= 4 is 35.0 Å². The minimum atomic E-state index is 0. The fourth-order valence-electron chi connectivity index (χ4n) is 1.95. The van der Waals surface area contributed by atoms with E-state index in [4.69, 9.17) is 0 Å². The Bertz CT molecular complexity index is 544. The molecule has 0 unspecified atom stereocenters. The van der Waals surface area contributed by atoms with Gasteiger partial charge in [-0.25, -0.2) is 0 Å². The normalized spacial score (nSPS) is 10.1. The largest absolute Gasteiger partial charge is 0.197 e. The Morgan fingerprint density at radius 2 is 0.867 bits per heavy atom. The molecule has 3 aromatic carbocycles. The molecule has 0 bridgehead atoms. The topological polar surface area (TPSA) is 0 Å². The summed E-state index contributed by atoms with van der Waals surface area (Å²) in [6.07, 6.45) is 0. The third kappa shape index (κ3) is 1.59. The van der Waals surface area contributed by atoms with Crippen molar-refractivity contribution in [2.75, 3.05) is 0 Å². The Morgan fingerprint density at radius 3 is 1.33 bits per heavy atom. The Kier molecular flexibility index (Phi) is 2.65. The highest BCUT2D eigenvalue weighted by atomic mass is 32.1. The first-order valence-corrected chi connectivity index (χ1v) is 4.82. The molecule has 0 aliphatic heterocycles. The van der Waals surface area contributed by atoms with Gasteiger partial charge in [0, 0.05) is 0 Å². The van der Waals surface area contributed by atoms with Gasteiger partial charge in [-0.15, -0.1) is 0 Å². The Labute approximate surface area is 96.0 Å². The number of hydrogen-bond donors (Lipinski definition) is 0. The molecule has 0 aromatic heterocycles. The maximum Gasteiger partial charge on any atom is -0.0105 e. The fourth-order valence-corrected chi connectivity index (χ4v) is 1.95. The molecule has 15 heavy (non-hydrogen) atoms. The molecule has 0 atom stereocenters. The predicted molar refractivity (Wildman–Crippen MR) is 71.8 cm³/mol. The summed E-state index contributed by atoms with van der Waals surface area (Å²) in [5, 5.41) is 5.30. The summed E-state index contributed by atoms with van der Waals surface area (Å²) in [7, 11) is 0. The molecule has 0 nitrogen and oxygen atoms in total. The minimum Gasteiger partial charge on any atom is -0.197 e. The Hall–Kier alpha value is -1.47. The zero-order valence-corrected chi connectivity index (χ0v) is 9.27. The second-order valence-corrected chi connectivity index (χ2v) is 3.51. The molecule has 1 heteroatoms. The highest BCUT2D eigenvalue weighted by molar-refractivity contribution is 7.59. The molecule has 0 radical (unpaired) electrons. The third-order valence-electron chi connectivity index (χ3n) is 2.65. The van der Waals surface area contributed by atoms with E-state index < -0.39 is 0 Å². The van der Waals surface area contributed by atoms with E-state index >= 15 is 0 Å². The molecule has 0 heterocycles. The van der Waals surface area contributed by atoms with Gasteiger partial charge in [0.2, 0.25) is 0 Å². The zero-order chi connectivity index (χ0) is 9.38. The van der Waals surface area contributed by atoms with Crippen LogP contribution in [0.2, 0.25) is 0 Å². The zero-order valence-electron chi connectivity index (χ0n) is 8.27. The molecule has 0 aliphatic carbocycles. The van der Waals surface area contributed by atoms with Crippen LogP contribution >= 0.6 is 13.5 Å². The molecule has 3 rings (SSSR count). The monoisotopic (exact) mass is 212 g/mol. The molecular formula is C14H12S. The van der Waals surface area contributed by atoms with Gasteiger partial charge in [0.05, 0.1) is 0 Å². The SMILES string of the molecule is S.c1ccc2c(c1)ccc1ccccc12. The van der Waals surface area contributed by atoms with E-state index in [0.717, 1.165) is 0 Å². The van der Waals surface area contributed by atoms with E-state index in [1.54, 1.807) is 0 Å². The van der Waals surface area contributed by atoms with Gasteiger partial charge >= 0.3 is 0 Å². The van der Waals surface area contributed by atoms with E-state index in [-0.39, 0.29) is 13.5 Å². The maximum atomic E-state index is 2.18. The lowest BCUT2D eigenvalue weighted by atomic mass is 10.0. The summed E-state index contributed by atoms with van der Waals surface area (Å²) >= 11 is 0. The predicted octanol–water partition coefficient (Wildman–Crippen LogP) is 4.11. The van der Waals surface area contributed by atoms with Crippen LogP contribution in [0.4, 0.5) is 0 Å². The lowest BCUT2D eigenvalue weighted by Gasteiger charge is -2.02. The molecule has 0 spiro atoms. The molecule has 0 N–H and O–H groups in total. The maximum absolute atomic E-state index is 2.18. The molecular weight excluding hydrogens is 200 g/mol. The molecule has 0 aliphatic rings. The van der Waals surface area contributed by atoms with Gasteiger partial charge in [0.15, 0.2) is 0 Å². The van der Waals surface area contributed by atoms with Crippen LogP contribution in [-0.4, -0.2) is 0 Å². The first kappa shape index (κ1) is 10.1. The average Bonchev–Trinajstić information content (AvgIpc) is 2.29. The van der Waals surface area contributed by atoms with Gasteiger partial charge in [-0.05, 0) is 21.5 Å². The van der Waals surface area contributed by atoms with Crippen molar-refractivity contribution in [3.63, 3.8) is 0 Å². The van der Waals surface area contributed by atoms with E-state index in [9.17, 15) is 0 Å². The van der Waals surface area contributed by atoms with Crippen molar-refractivity contribution in [3.05, 3.63) is 60.7 Å². The van der Waals surface area contributed by atoms with Crippen molar-refractivity contribution in [1.82, 2.24) is 0 Å². The van der Waals surface area contributed by atoms with Gasteiger partial charge < -0.3 is 0 Å². The van der Waals surface area contributed by atoms with Crippen molar-refractivity contribution in [3.8, 4) is 0 Å². The first-order chi connectivity index (χ1) is 6.95. The van der Waals surface area contributed by atoms with Crippen molar-refractivity contribution in [2.45, 2.75) is 0 Å². The summed E-state index contributed by atoms with van der Waals surface area (Å²) in [6, 6.07) is 21.4. The van der Waals surface area contributed by atoms with Gasteiger partial charge in [-0.1, -0.05) is 60.7 Å². The standard InChI is InChI=1S/C14H10.H2S/c1-3-7-13-11(5-1)9-10-12-6-2-4-8-14(12)13;/h1-10H;1H2. The summed E-state index contributed by atoms with van der Waals surface area (Å²) in [6.45, 7) is 0. The van der Waals surface area contributed by atoms with Crippen molar-refractivity contribution in [1.29, 1.82) is 0 Å². The highest BCUT2D eigenvalue weighted by Gasteiger charge is 1.97. The molecule has 0 fully saturated rings. The fraction of sp³-hybridized carbons (Fsp3) is 0. The van der Waals surface area contributed by atoms with Crippen LogP contribution in [0, 0.1) is 0 Å². The van der Waals surface area contributed by atoms with Crippen LogP contribution < -0.4 is 0 Å². The number of rotatable bonds is 0. The second-order valence-electron chi connectivity index (χ2n) is 3.51. The molecule has 74 valence electrons. The summed E-state index contributed by atoms with van der Waals surface area (Å²) < 4.78 is 0. The Balaban J connectivity index is 0.000000853. The van der Waals surface area contributed by atoms with Gasteiger partial charge in [0.25, 0.3) is 0 Å². The lowest BCUT2D eigenvalue weighted by molar-refractivity contribution is 1.76. The summed E-state index contributed by atoms with van der Waals surface area (Å²) in [4.78, 5) is 0. The van der Waals surface area contributed by atoms with Crippen molar-refractivity contribution < 1.29 is 0 Å². The number of benzene rings is 3. The minimum absolute atomic E-state index is 0. The van der Waals surface area contributed by atoms with E-state index in [0.29, 0.717) is 0 Å². The number of hydrogen-bond acceptors (Lipinski definition) is 0. The smallest absolute Gasteiger partial charge is 0.0105 e. The summed E-state index contributed by atoms with van der Waals surface area (Å²) in [5.41, 5.74) is 0. The van der Waals surface area contributed by atoms with Crippen LogP contribution in [0.25, 0.3) is 21.5 Å². The van der Waals surface area contributed by atoms with Crippen LogP contribution in [0.15, 0.2) is 60.7 Å². The molecule has 3 aromatic rings. The van der Waals surface area contributed by atoms with Crippen LogP contribution in [-0.2, 0) is 0 Å². The van der Waals surface area contributed by atoms with Crippen LogP contribution in [0.3, 0.4) is 0 Å². The highest BCUT2D eigenvalue weighted by Crippen LogP contribution is 2.24. The van der Waals surface area contributed by atoms with Crippen LogP contribution in [0.5, 0.6) is 0 Å². The van der Waals surface area contributed by atoms with E-state index in [1.807, 2.05) is 0 Å². The van der Waals surface area contributed by atoms with Gasteiger partial charge in [-0.3, -0.25) is 0 Å². The van der Waals surface area contributed by atoms with E-state index in [1.165, 1.54) is 21.5 Å². The lowest BCUT2D eigenvalue weighted by Crippen LogP contribution is -1.75. The quantitative estimate of drug-likeness (QED) is 0.492. The van der Waals surface area contributed by atoms with Crippen molar-refractivity contribution in [2.24, 2.45) is 0 Å². The van der Waals surface area contributed by atoms with Gasteiger partial charge in [0.1, 0.15) is 0 Å². The molecule has 0 amide bonds. The second kappa shape index (κ2) is 3.95. The summed E-state index contributed by atoms with van der Waals surface area (Å²) in [5.74, 6) is 0. The van der Waals surface area contributed by atoms with Gasteiger partial charge in [-0.2, -0.15) is 13.5 Å².